The molecule has 24 heavy (non-hydrogen) atoms. The van der Waals surface area contributed by atoms with E-state index in [9.17, 15) is 0 Å². The molecule has 0 saturated carbocycles. The lowest BCUT2D eigenvalue weighted by molar-refractivity contribution is 0.121. The molecule has 0 aromatic heterocycles. The van der Waals surface area contributed by atoms with Crippen LogP contribution in [0.5, 0.6) is 0 Å². The maximum absolute atomic E-state index is 5.70. The number of benzene rings is 1. The summed E-state index contributed by atoms with van der Waals surface area (Å²) in [5.41, 5.74) is 2.47. The van der Waals surface area contributed by atoms with Crippen molar-refractivity contribution in [2.24, 2.45) is 4.99 Å². The van der Waals surface area contributed by atoms with Crippen LogP contribution in [0.3, 0.4) is 0 Å². The summed E-state index contributed by atoms with van der Waals surface area (Å²) in [6.07, 6.45) is 3.71. The van der Waals surface area contributed by atoms with Crippen LogP contribution in [0.2, 0.25) is 0 Å². The third-order valence-corrected chi connectivity index (χ3v) is 5.40. The zero-order valence-electron chi connectivity index (χ0n) is 15.0. The van der Waals surface area contributed by atoms with E-state index >= 15 is 0 Å². The predicted molar refractivity (Wildman–Crippen MR) is 105 cm³/mol. The van der Waals surface area contributed by atoms with Gasteiger partial charge >= 0.3 is 0 Å². The second-order valence-corrected chi connectivity index (χ2v) is 7.44. The number of thioether (sulfide) groups is 1. The minimum absolute atomic E-state index is 0.669. The molecule has 1 aromatic carbocycles. The maximum Gasteiger partial charge on any atom is 0.191 e. The molecule has 1 heterocycles. The van der Waals surface area contributed by atoms with Gasteiger partial charge in [-0.1, -0.05) is 31.2 Å². The van der Waals surface area contributed by atoms with Crippen molar-refractivity contribution in [2.75, 3.05) is 25.4 Å². The van der Waals surface area contributed by atoms with Crippen LogP contribution in [0, 0.1) is 0 Å². The van der Waals surface area contributed by atoms with Crippen molar-refractivity contribution in [3.05, 3.63) is 35.4 Å². The average Bonchev–Trinajstić information content (AvgIpc) is 3.12. The van der Waals surface area contributed by atoms with Gasteiger partial charge in [0.1, 0.15) is 0 Å². The van der Waals surface area contributed by atoms with Crippen LogP contribution in [0.15, 0.2) is 29.3 Å². The predicted octanol–water partition coefficient (Wildman–Crippen LogP) is 3.56. The van der Waals surface area contributed by atoms with E-state index in [1.807, 2.05) is 0 Å². The largest absolute Gasteiger partial charge is 0.377 e. The van der Waals surface area contributed by atoms with Crippen molar-refractivity contribution in [3.8, 4) is 0 Å². The Kier molecular flexibility index (Phi) is 9.06. The van der Waals surface area contributed by atoms with Crippen LogP contribution in [0.1, 0.15) is 44.2 Å². The Morgan fingerprint density at radius 2 is 2.08 bits per heavy atom. The van der Waals surface area contributed by atoms with Gasteiger partial charge in [-0.2, -0.15) is 11.8 Å². The molecule has 2 N–H and O–H groups in total. The first-order chi connectivity index (χ1) is 11.8. The fourth-order valence-corrected chi connectivity index (χ4v) is 3.90. The quantitative estimate of drug-likeness (QED) is 0.406. The number of aliphatic imine (C=N–C) groups is 1. The van der Waals surface area contributed by atoms with Gasteiger partial charge in [0, 0.05) is 24.9 Å². The van der Waals surface area contributed by atoms with Gasteiger partial charge in [0.2, 0.25) is 0 Å². The lowest BCUT2D eigenvalue weighted by Crippen LogP contribution is -2.40. The Morgan fingerprint density at radius 3 is 2.79 bits per heavy atom. The maximum atomic E-state index is 5.70. The zero-order chi connectivity index (χ0) is 17.0. The molecule has 134 valence electrons. The van der Waals surface area contributed by atoms with Gasteiger partial charge < -0.3 is 15.4 Å². The molecule has 0 amide bonds. The summed E-state index contributed by atoms with van der Waals surface area (Å²) in [6, 6.07) is 8.42. The van der Waals surface area contributed by atoms with Crippen molar-refractivity contribution in [2.45, 2.75) is 51.5 Å². The van der Waals surface area contributed by atoms with Crippen molar-refractivity contribution in [1.82, 2.24) is 10.6 Å². The van der Waals surface area contributed by atoms with E-state index < -0.39 is 0 Å². The molecule has 1 aliphatic heterocycles. The van der Waals surface area contributed by atoms with E-state index in [0.717, 1.165) is 37.3 Å². The summed E-state index contributed by atoms with van der Waals surface area (Å²) in [4.78, 5) is 4.76. The topological polar surface area (TPSA) is 45.6 Å². The molecular weight excluding hydrogens is 318 g/mol. The van der Waals surface area contributed by atoms with Gasteiger partial charge in [0.25, 0.3) is 0 Å². The Labute approximate surface area is 150 Å². The van der Waals surface area contributed by atoms with Crippen LogP contribution >= 0.6 is 11.8 Å². The summed E-state index contributed by atoms with van der Waals surface area (Å²) >= 11 is 2.07. The second-order valence-electron chi connectivity index (χ2n) is 6.03. The van der Waals surface area contributed by atoms with Crippen LogP contribution < -0.4 is 10.6 Å². The fourth-order valence-electron chi connectivity index (χ4n) is 2.70. The van der Waals surface area contributed by atoms with E-state index in [1.54, 1.807) is 0 Å². The number of hydrogen-bond donors (Lipinski definition) is 2. The molecule has 1 saturated heterocycles. The molecular formula is C19H31N3OS. The smallest absolute Gasteiger partial charge is 0.191 e. The lowest BCUT2D eigenvalue weighted by Gasteiger charge is -2.15. The van der Waals surface area contributed by atoms with Crippen molar-refractivity contribution >= 4 is 17.7 Å². The summed E-state index contributed by atoms with van der Waals surface area (Å²) in [6.45, 7) is 8.27. The molecule has 1 unspecified atom stereocenters. The molecule has 0 spiro atoms. The number of nitrogens with one attached hydrogen (secondary N) is 2. The molecule has 5 heteroatoms. The first kappa shape index (κ1) is 19.1. The van der Waals surface area contributed by atoms with Gasteiger partial charge in [-0.25, -0.2) is 4.99 Å². The summed E-state index contributed by atoms with van der Waals surface area (Å²) in [7, 11) is 0. The lowest BCUT2D eigenvalue weighted by atomic mass is 10.1. The number of ether oxygens (including phenoxy) is 1. The Bertz CT molecular complexity index is 501. The number of nitrogens with zero attached hydrogens (tertiary/aromatic N) is 1. The van der Waals surface area contributed by atoms with E-state index in [0.29, 0.717) is 13.2 Å². The van der Waals surface area contributed by atoms with E-state index in [2.05, 4.69) is 60.5 Å². The van der Waals surface area contributed by atoms with Gasteiger partial charge in [-0.3, -0.25) is 0 Å². The van der Waals surface area contributed by atoms with E-state index in [4.69, 9.17) is 9.73 Å². The molecule has 0 bridgehead atoms. The molecule has 1 atom stereocenters. The SMILES string of the molecule is CCCOCc1ccccc1CN=C(NCC)NCC1CCCS1. The minimum Gasteiger partial charge on any atom is -0.377 e. The normalized spacial score (nSPS) is 17.9. The van der Waals surface area contributed by atoms with Crippen molar-refractivity contribution in [3.63, 3.8) is 0 Å². The highest BCUT2D eigenvalue weighted by atomic mass is 32.2. The Balaban J connectivity index is 1.91. The first-order valence-electron chi connectivity index (χ1n) is 9.11. The number of hydrogen-bond acceptors (Lipinski definition) is 3. The van der Waals surface area contributed by atoms with Crippen LogP contribution in [-0.2, 0) is 17.9 Å². The molecule has 0 radical (unpaired) electrons. The highest BCUT2D eigenvalue weighted by Crippen LogP contribution is 2.25. The molecule has 1 aromatic rings. The molecule has 1 aliphatic rings. The van der Waals surface area contributed by atoms with Crippen LogP contribution in [0.25, 0.3) is 0 Å². The van der Waals surface area contributed by atoms with Gasteiger partial charge in [0.05, 0.1) is 13.2 Å². The van der Waals surface area contributed by atoms with Gasteiger partial charge in [0.15, 0.2) is 5.96 Å². The third kappa shape index (κ3) is 6.73. The van der Waals surface area contributed by atoms with Crippen molar-refractivity contribution in [1.29, 1.82) is 0 Å². The Morgan fingerprint density at radius 1 is 1.25 bits per heavy atom. The van der Waals surface area contributed by atoms with Crippen LogP contribution in [-0.4, -0.2) is 36.7 Å². The van der Waals surface area contributed by atoms with E-state index in [-0.39, 0.29) is 0 Å². The van der Waals surface area contributed by atoms with Crippen LogP contribution in [0.4, 0.5) is 0 Å². The Hall–Kier alpha value is -1.20. The first-order valence-corrected chi connectivity index (χ1v) is 10.2. The number of guanidine groups is 1. The number of rotatable bonds is 9. The summed E-state index contributed by atoms with van der Waals surface area (Å²) in [5.74, 6) is 2.21. The second kappa shape index (κ2) is 11.4. The van der Waals surface area contributed by atoms with Gasteiger partial charge in [-0.05, 0) is 43.1 Å². The summed E-state index contributed by atoms with van der Waals surface area (Å²) < 4.78 is 5.70. The standard InChI is InChI=1S/C19H31N3OS/c1-3-11-23-15-17-9-6-5-8-16(17)13-21-19(20-4-2)22-14-18-10-7-12-24-18/h5-6,8-9,18H,3-4,7,10-15H2,1-2H3,(H2,20,21,22). The average molecular weight is 350 g/mol. The molecule has 0 aliphatic carbocycles. The summed E-state index contributed by atoms with van der Waals surface area (Å²) in [5, 5.41) is 7.56. The molecule has 4 nitrogen and oxygen atoms in total. The molecule has 1 fully saturated rings. The minimum atomic E-state index is 0.669. The highest BCUT2D eigenvalue weighted by Gasteiger charge is 2.15. The highest BCUT2D eigenvalue weighted by molar-refractivity contribution is 8.00. The van der Waals surface area contributed by atoms with Gasteiger partial charge in [-0.15, -0.1) is 0 Å². The van der Waals surface area contributed by atoms with Crippen molar-refractivity contribution < 1.29 is 4.74 Å². The monoisotopic (exact) mass is 349 g/mol. The third-order valence-electron chi connectivity index (χ3n) is 4.00. The fraction of sp³-hybridized carbons (Fsp3) is 0.632. The molecule has 2 rings (SSSR count). The zero-order valence-corrected chi connectivity index (χ0v) is 15.8. The van der Waals surface area contributed by atoms with E-state index in [1.165, 1.54) is 29.7 Å².